The van der Waals surface area contributed by atoms with E-state index in [-0.39, 0.29) is 0 Å². The van der Waals surface area contributed by atoms with Crippen LogP contribution < -0.4 is 10.0 Å². The van der Waals surface area contributed by atoms with Gasteiger partial charge >= 0.3 is 0 Å². The average molecular weight is 308 g/mol. The van der Waals surface area contributed by atoms with Crippen molar-refractivity contribution in [1.29, 1.82) is 0 Å². The number of benzene rings is 1. The Balaban J connectivity index is 2.00. The number of nitrogens with one attached hydrogen (secondary N) is 2. The third kappa shape index (κ3) is 4.95. The fourth-order valence-electron chi connectivity index (χ4n) is 2.38. The molecule has 2 N–H and O–H groups in total. The van der Waals surface area contributed by atoms with Gasteiger partial charge in [0.15, 0.2) is 0 Å². The van der Waals surface area contributed by atoms with Crippen molar-refractivity contribution in [2.45, 2.75) is 31.6 Å². The molecule has 116 valence electrons. The molecule has 1 aromatic carbocycles. The first-order valence-electron chi connectivity index (χ1n) is 7.44. The van der Waals surface area contributed by atoms with Crippen LogP contribution in [0.4, 0.5) is 0 Å². The van der Waals surface area contributed by atoms with Gasteiger partial charge in [0.1, 0.15) is 0 Å². The maximum absolute atomic E-state index is 12.3. The Morgan fingerprint density at radius 3 is 2.52 bits per heavy atom. The fourth-order valence-corrected chi connectivity index (χ4v) is 3.41. The van der Waals surface area contributed by atoms with Crippen molar-refractivity contribution in [1.82, 2.24) is 10.0 Å². The van der Waals surface area contributed by atoms with Crippen molar-refractivity contribution in [3.63, 3.8) is 0 Å². The summed E-state index contributed by atoms with van der Waals surface area (Å²) < 4.78 is 27.2. The maximum atomic E-state index is 12.3. The summed E-state index contributed by atoms with van der Waals surface area (Å²) >= 11 is 0. The van der Waals surface area contributed by atoms with Crippen LogP contribution in [0.2, 0.25) is 0 Å². The molecule has 1 heterocycles. The van der Waals surface area contributed by atoms with E-state index in [0.717, 1.165) is 31.5 Å². The minimum Gasteiger partial charge on any atom is -0.313 e. The smallest absolute Gasteiger partial charge is 0.240 e. The van der Waals surface area contributed by atoms with Crippen molar-refractivity contribution in [2.24, 2.45) is 5.92 Å². The van der Waals surface area contributed by atoms with Crippen LogP contribution in [-0.2, 0) is 16.4 Å². The first-order chi connectivity index (χ1) is 9.97. The lowest BCUT2D eigenvalue weighted by atomic mass is 10.0. The van der Waals surface area contributed by atoms with E-state index < -0.39 is 10.0 Å². The first kappa shape index (κ1) is 16.2. The van der Waals surface area contributed by atoms with Crippen LogP contribution in [0, 0.1) is 5.92 Å². The quantitative estimate of drug-likeness (QED) is 0.791. The molecule has 0 aliphatic carbocycles. The third-order valence-corrected chi connectivity index (χ3v) is 4.94. The minimum atomic E-state index is -3.42. The molecular formula is C16H24N2O2S. The van der Waals surface area contributed by atoms with E-state index in [2.05, 4.69) is 30.0 Å². The van der Waals surface area contributed by atoms with Crippen LogP contribution >= 0.6 is 0 Å². The van der Waals surface area contributed by atoms with Gasteiger partial charge in [-0.05, 0) is 43.0 Å². The van der Waals surface area contributed by atoms with Gasteiger partial charge in [-0.15, -0.1) is 0 Å². The molecule has 0 radical (unpaired) electrons. The van der Waals surface area contributed by atoms with Crippen molar-refractivity contribution < 1.29 is 8.42 Å². The summed E-state index contributed by atoms with van der Waals surface area (Å²) in [6.45, 7) is 6.44. The standard InChI is InChI=1S/C16H24N2O2S/c1-13(2)11-14-3-5-16(6-4-14)21(19,20)18-12-15-7-9-17-10-8-15/h3-7,13,17-18H,8-12H2,1-2H3. The molecule has 0 amide bonds. The molecule has 0 aromatic heterocycles. The first-order valence-corrected chi connectivity index (χ1v) is 8.93. The largest absolute Gasteiger partial charge is 0.313 e. The Morgan fingerprint density at radius 1 is 1.24 bits per heavy atom. The summed E-state index contributed by atoms with van der Waals surface area (Å²) in [6.07, 6.45) is 3.92. The summed E-state index contributed by atoms with van der Waals surface area (Å²) in [5, 5.41) is 3.21. The Kier molecular flexibility index (Phi) is 5.56. The minimum absolute atomic E-state index is 0.338. The Labute approximate surface area is 127 Å². The SMILES string of the molecule is CC(C)Cc1ccc(S(=O)(=O)NCC2=CCNCC2)cc1. The number of hydrogen-bond donors (Lipinski definition) is 2. The van der Waals surface area contributed by atoms with Gasteiger partial charge in [-0.25, -0.2) is 13.1 Å². The van der Waals surface area contributed by atoms with E-state index in [0.29, 0.717) is 17.4 Å². The molecule has 5 heteroatoms. The highest BCUT2D eigenvalue weighted by Gasteiger charge is 2.14. The molecule has 0 spiro atoms. The highest BCUT2D eigenvalue weighted by Crippen LogP contribution is 2.14. The van der Waals surface area contributed by atoms with Crippen LogP contribution in [0.25, 0.3) is 0 Å². The van der Waals surface area contributed by atoms with E-state index in [4.69, 9.17) is 0 Å². The zero-order valence-electron chi connectivity index (χ0n) is 12.7. The molecule has 0 atom stereocenters. The van der Waals surface area contributed by atoms with E-state index in [1.807, 2.05) is 12.1 Å². The number of sulfonamides is 1. The van der Waals surface area contributed by atoms with Gasteiger partial charge in [0, 0.05) is 13.1 Å². The van der Waals surface area contributed by atoms with Gasteiger partial charge in [-0.1, -0.05) is 37.6 Å². The summed E-state index contributed by atoms with van der Waals surface area (Å²) in [4.78, 5) is 0.338. The van der Waals surface area contributed by atoms with Crippen molar-refractivity contribution >= 4 is 10.0 Å². The second-order valence-corrected chi connectivity index (χ2v) is 7.65. The van der Waals surface area contributed by atoms with Gasteiger partial charge in [-0.3, -0.25) is 0 Å². The van der Waals surface area contributed by atoms with Gasteiger partial charge in [0.25, 0.3) is 0 Å². The van der Waals surface area contributed by atoms with Gasteiger partial charge in [-0.2, -0.15) is 0 Å². The normalized spacial score (nSPS) is 16.0. The van der Waals surface area contributed by atoms with E-state index >= 15 is 0 Å². The van der Waals surface area contributed by atoms with Crippen molar-refractivity contribution in [3.8, 4) is 0 Å². The van der Waals surface area contributed by atoms with Crippen LogP contribution in [-0.4, -0.2) is 28.1 Å². The molecule has 0 bridgehead atoms. The lowest BCUT2D eigenvalue weighted by Gasteiger charge is -2.15. The fraction of sp³-hybridized carbons (Fsp3) is 0.500. The monoisotopic (exact) mass is 308 g/mol. The zero-order chi connectivity index (χ0) is 15.3. The molecule has 21 heavy (non-hydrogen) atoms. The molecule has 0 saturated heterocycles. The molecule has 1 aliphatic rings. The molecule has 1 aromatic rings. The molecular weight excluding hydrogens is 284 g/mol. The zero-order valence-corrected chi connectivity index (χ0v) is 13.5. The second-order valence-electron chi connectivity index (χ2n) is 5.88. The molecule has 2 rings (SSSR count). The molecule has 0 unspecified atom stereocenters. The topological polar surface area (TPSA) is 58.2 Å². The lowest BCUT2D eigenvalue weighted by Crippen LogP contribution is -2.29. The van der Waals surface area contributed by atoms with Gasteiger partial charge < -0.3 is 5.32 Å². The predicted octanol–water partition coefficient (Wildman–Crippen LogP) is 2.08. The summed E-state index contributed by atoms with van der Waals surface area (Å²) in [7, 11) is -3.42. The predicted molar refractivity (Wildman–Crippen MR) is 85.7 cm³/mol. The van der Waals surface area contributed by atoms with Gasteiger partial charge in [0.2, 0.25) is 10.0 Å². The molecule has 0 fully saturated rings. The van der Waals surface area contributed by atoms with Crippen LogP contribution in [0.5, 0.6) is 0 Å². The third-order valence-electron chi connectivity index (χ3n) is 3.52. The summed E-state index contributed by atoms with van der Waals surface area (Å²) in [5.41, 5.74) is 2.32. The summed E-state index contributed by atoms with van der Waals surface area (Å²) in [5.74, 6) is 0.567. The van der Waals surface area contributed by atoms with Crippen molar-refractivity contribution in [2.75, 3.05) is 19.6 Å². The van der Waals surface area contributed by atoms with E-state index in [1.165, 1.54) is 5.56 Å². The van der Waals surface area contributed by atoms with Crippen LogP contribution in [0.3, 0.4) is 0 Å². The van der Waals surface area contributed by atoms with Crippen LogP contribution in [0.1, 0.15) is 25.8 Å². The second kappa shape index (κ2) is 7.20. The highest BCUT2D eigenvalue weighted by molar-refractivity contribution is 7.89. The van der Waals surface area contributed by atoms with Gasteiger partial charge in [0.05, 0.1) is 4.90 Å². The molecule has 1 aliphatic heterocycles. The summed E-state index contributed by atoms with van der Waals surface area (Å²) in [6, 6.07) is 7.18. The Hall–Kier alpha value is -1.17. The number of rotatable bonds is 6. The molecule has 4 nitrogen and oxygen atoms in total. The van der Waals surface area contributed by atoms with E-state index in [9.17, 15) is 8.42 Å². The Morgan fingerprint density at radius 2 is 1.95 bits per heavy atom. The molecule has 0 saturated carbocycles. The highest BCUT2D eigenvalue weighted by atomic mass is 32.2. The van der Waals surface area contributed by atoms with Crippen LogP contribution in [0.15, 0.2) is 40.8 Å². The lowest BCUT2D eigenvalue weighted by molar-refractivity contribution is 0.582. The van der Waals surface area contributed by atoms with Crippen molar-refractivity contribution in [3.05, 3.63) is 41.5 Å². The maximum Gasteiger partial charge on any atom is 0.240 e. The average Bonchev–Trinajstić information content (AvgIpc) is 2.46. The number of hydrogen-bond acceptors (Lipinski definition) is 3. The van der Waals surface area contributed by atoms with E-state index in [1.54, 1.807) is 12.1 Å². The Bertz CT molecular complexity index is 589.